The Morgan fingerprint density at radius 3 is 2.52 bits per heavy atom. The van der Waals surface area contributed by atoms with Crippen molar-refractivity contribution in [1.29, 1.82) is 0 Å². The van der Waals surface area contributed by atoms with Crippen molar-refractivity contribution >= 4 is 23.5 Å². The molecule has 0 spiro atoms. The van der Waals surface area contributed by atoms with Crippen LogP contribution in [0.5, 0.6) is 0 Å². The van der Waals surface area contributed by atoms with Gasteiger partial charge in [0.25, 0.3) is 0 Å². The Kier molecular flexibility index (Phi) is 6.04. The Balaban J connectivity index is 1.18. The fourth-order valence-electron chi connectivity index (χ4n) is 5.57. The summed E-state index contributed by atoms with van der Waals surface area (Å²) in [5, 5.41) is 6.78. The number of hydrogen-bond acceptors (Lipinski definition) is 6. The van der Waals surface area contributed by atoms with Crippen LogP contribution in [0, 0.1) is 0 Å². The van der Waals surface area contributed by atoms with Crippen LogP contribution in [0.25, 0.3) is 0 Å². The molecule has 0 saturated heterocycles. The SMILES string of the molecule is CN(C)c1nc(NC2CCC(NC(=O)C3CC(=O)c4ccccc43)CC2)nc2c1CCCC2. The lowest BCUT2D eigenvalue weighted by molar-refractivity contribution is -0.123. The van der Waals surface area contributed by atoms with Crippen molar-refractivity contribution in [3.63, 3.8) is 0 Å². The maximum absolute atomic E-state index is 12.9. The predicted molar refractivity (Wildman–Crippen MR) is 129 cm³/mol. The molecule has 1 aromatic heterocycles. The lowest BCUT2D eigenvalue weighted by Crippen LogP contribution is -2.42. The van der Waals surface area contributed by atoms with E-state index in [4.69, 9.17) is 9.97 Å². The maximum atomic E-state index is 12.9. The molecule has 3 aliphatic carbocycles. The Labute approximate surface area is 195 Å². The van der Waals surface area contributed by atoms with Crippen molar-refractivity contribution in [3.8, 4) is 0 Å². The second-order valence-electron chi connectivity index (χ2n) is 9.87. The highest BCUT2D eigenvalue weighted by molar-refractivity contribution is 6.06. The first-order valence-corrected chi connectivity index (χ1v) is 12.3. The van der Waals surface area contributed by atoms with Crippen LogP contribution >= 0.6 is 0 Å². The lowest BCUT2D eigenvalue weighted by atomic mass is 9.90. The minimum absolute atomic E-state index is 0.0154. The number of benzene rings is 1. The van der Waals surface area contributed by atoms with E-state index in [-0.39, 0.29) is 30.1 Å². The van der Waals surface area contributed by atoms with Gasteiger partial charge in [0.15, 0.2) is 5.78 Å². The molecule has 2 aromatic rings. The van der Waals surface area contributed by atoms with Gasteiger partial charge in [0.05, 0.1) is 11.6 Å². The second kappa shape index (κ2) is 9.12. The second-order valence-corrected chi connectivity index (χ2v) is 9.87. The molecule has 1 heterocycles. The smallest absolute Gasteiger partial charge is 0.228 e. The van der Waals surface area contributed by atoms with E-state index in [9.17, 15) is 9.59 Å². The number of anilines is 2. The highest BCUT2D eigenvalue weighted by atomic mass is 16.2. The van der Waals surface area contributed by atoms with Gasteiger partial charge in [0.1, 0.15) is 5.82 Å². The molecule has 1 fully saturated rings. The van der Waals surface area contributed by atoms with Gasteiger partial charge in [-0.15, -0.1) is 0 Å². The number of aromatic nitrogens is 2. The van der Waals surface area contributed by atoms with Crippen molar-refractivity contribution in [2.75, 3.05) is 24.3 Å². The topological polar surface area (TPSA) is 87.2 Å². The summed E-state index contributed by atoms with van der Waals surface area (Å²) >= 11 is 0. The van der Waals surface area contributed by atoms with E-state index in [1.54, 1.807) is 0 Å². The molecule has 1 saturated carbocycles. The summed E-state index contributed by atoms with van der Waals surface area (Å²) in [4.78, 5) is 36.9. The minimum Gasteiger partial charge on any atom is -0.362 e. The first-order valence-electron chi connectivity index (χ1n) is 12.3. The molecule has 174 valence electrons. The van der Waals surface area contributed by atoms with Crippen LogP contribution in [-0.2, 0) is 17.6 Å². The number of fused-ring (bicyclic) bond motifs is 2. The standard InChI is InChI=1S/C26H33N5O2/c1-31(2)24-20-9-5-6-10-22(20)29-26(30-24)28-17-13-11-16(12-14-17)27-25(33)21-15-23(32)19-8-4-3-7-18(19)21/h3-4,7-8,16-17,21H,5-6,9-15H2,1-2H3,(H,27,33)(H,28,29,30). The van der Waals surface area contributed by atoms with Gasteiger partial charge < -0.3 is 15.5 Å². The van der Waals surface area contributed by atoms with Gasteiger partial charge >= 0.3 is 0 Å². The molecule has 1 amide bonds. The fraction of sp³-hybridized carbons (Fsp3) is 0.538. The van der Waals surface area contributed by atoms with Crippen LogP contribution in [0.15, 0.2) is 24.3 Å². The Bertz CT molecular complexity index is 1060. The van der Waals surface area contributed by atoms with E-state index in [2.05, 4.69) is 15.5 Å². The van der Waals surface area contributed by atoms with Crippen LogP contribution in [0.4, 0.5) is 11.8 Å². The van der Waals surface area contributed by atoms with E-state index >= 15 is 0 Å². The molecular formula is C26H33N5O2. The summed E-state index contributed by atoms with van der Waals surface area (Å²) in [5.41, 5.74) is 4.06. The highest BCUT2D eigenvalue weighted by Crippen LogP contribution is 2.34. The molecule has 5 rings (SSSR count). The van der Waals surface area contributed by atoms with E-state index in [1.807, 2.05) is 38.4 Å². The molecule has 7 heteroatoms. The van der Waals surface area contributed by atoms with E-state index in [0.717, 1.165) is 55.9 Å². The lowest BCUT2D eigenvalue weighted by Gasteiger charge is -2.31. The fourth-order valence-corrected chi connectivity index (χ4v) is 5.57. The Morgan fingerprint density at radius 2 is 1.73 bits per heavy atom. The summed E-state index contributed by atoms with van der Waals surface area (Å²) in [5.74, 6) is 1.47. The van der Waals surface area contributed by atoms with E-state index in [1.165, 1.54) is 24.1 Å². The average molecular weight is 448 g/mol. The number of nitrogens with zero attached hydrogens (tertiary/aromatic N) is 3. The normalized spacial score (nSPS) is 24.1. The average Bonchev–Trinajstić information content (AvgIpc) is 3.16. The highest BCUT2D eigenvalue weighted by Gasteiger charge is 2.35. The first kappa shape index (κ1) is 21.9. The zero-order chi connectivity index (χ0) is 22.9. The van der Waals surface area contributed by atoms with Gasteiger partial charge in [-0.05, 0) is 56.9 Å². The van der Waals surface area contributed by atoms with E-state index in [0.29, 0.717) is 11.6 Å². The van der Waals surface area contributed by atoms with Crippen LogP contribution in [0.3, 0.4) is 0 Å². The molecule has 1 unspecified atom stereocenters. The van der Waals surface area contributed by atoms with Crippen molar-refractivity contribution in [2.45, 2.75) is 75.8 Å². The largest absolute Gasteiger partial charge is 0.362 e. The zero-order valence-electron chi connectivity index (χ0n) is 19.6. The van der Waals surface area contributed by atoms with Crippen LogP contribution in [-0.4, -0.2) is 47.8 Å². The minimum atomic E-state index is -0.349. The quantitative estimate of drug-likeness (QED) is 0.728. The molecule has 2 N–H and O–H groups in total. The number of nitrogens with one attached hydrogen (secondary N) is 2. The number of carbonyl (C=O) groups is 2. The number of rotatable bonds is 5. The third kappa shape index (κ3) is 4.45. The third-order valence-electron chi connectivity index (χ3n) is 7.33. The zero-order valence-corrected chi connectivity index (χ0v) is 19.6. The van der Waals surface area contributed by atoms with Crippen molar-refractivity contribution in [2.24, 2.45) is 0 Å². The Hall–Kier alpha value is -2.96. The van der Waals surface area contributed by atoms with Gasteiger partial charge in [-0.1, -0.05) is 24.3 Å². The number of Topliss-reactive ketones (excluding diaryl/α,β-unsaturated/α-hetero) is 1. The van der Waals surface area contributed by atoms with Gasteiger partial charge in [-0.2, -0.15) is 4.98 Å². The van der Waals surface area contributed by atoms with Gasteiger partial charge in [0, 0.05) is 43.7 Å². The summed E-state index contributed by atoms with van der Waals surface area (Å²) in [6.07, 6.45) is 8.52. The van der Waals surface area contributed by atoms with Crippen LogP contribution in [0.2, 0.25) is 0 Å². The van der Waals surface area contributed by atoms with Crippen LogP contribution in [0.1, 0.15) is 78.0 Å². The molecule has 1 aromatic carbocycles. The number of hydrogen-bond donors (Lipinski definition) is 2. The molecular weight excluding hydrogens is 414 g/mol. The van der Waals surface area contributed by atoms with Gasteiger partial charge in [0.2, 0.25) is 11.9 Å². The first-order chi connectivity index (χ1) is 16.0. The third-order valence-corrected chi connectivity index (χ3v) is 7.33. The van der Waals surface area contributed by atoms with Gasteiger partial charge in [-0.25, -0.2) is 4.98 Å². The Morgan fingerprint density at radius 1 is 1.00 bits per heavy atom. The monoisotopic (exact) mass is 447 g/mol. The molecule has 1 atom stereocenters. The summed E-state index contributed by atoms with van der Waals surface area (Å²) < 4.78 is 0. The van der Waals surface area contributed by atoms with Gasteiger partial charge in [-0.3, -0.25) is 9.59 Å². The number of amides is 1. The van der Waals surface area contributed by atoms with Crippen molar-refractivity contribution in [1.82, 2.24) is 15.3 Å². The van der Waals surface area contributed by atoms with Crippen molar-refractivity contribution < 1.29 is 9.59 Å². The molecule has 33 heavy (non-hydrogen) atoms. The van der Waals surface area contributed by atoms with Crippen LogP contribution < -0.4 is 15.5 Å². The summed E-state index contributed by atoms with van der Waals surface area (Å²) in [7, 11) is 4.09. The number of ketones is 1. The van der Waals surface area contributed by atoms with E-state index < -0.39 is 0 Å². The number of carbonyl (C=O) groups excluding carboxylic acids is 2. The molecule has 0 radical (unpaired) electrons. The summed E-state index contributed by atoms with van der Waals surface area (Å²) in [6.45, 7) is 0. The molecule has 7 nitrogen and oxygen atoms in total. The number of aryl methyl sites for hydroxylation is 1. The summed E-state index contributed by atoms with van der Waals surface area (Å²) in [6, 6.07) is 7.96. The molecule has 3 aliphatic rings. The molecule has 0 aliphatic heterocycles. The maximum Gasteiger partial charge on any atom is 0.228 e. The molecule has 0 bridgehead atoms. The van der Waals surface area contributed by atoms with Crippen molar-refractivity contribution in [3.05, 3.63) is 46.6 Å². The predicted octanol–water partition coefficient (Wildman–Crippen LogP) is 3.63.